The highest BCUT2D eigenvalue weighted by Crippen LogP contribution is 2.50. The van der Waals surface area contributed by atoms with E-state index in [2.05, 4.69) is 29.6 Å². The fraction of sp³-hybridized carbons (Fsp3) is 0.583. The quantitative estimate of drug-likeness (QED) is 0.744. The van der Waals surface area contributed by atoms with Crippen molar-refractivity contribution in [2.75, 3.05) is 19.6 Å². The van der Waals surface area contributed by atoms with Gasteiger partial charge < -0.3 is 14.4 Å². The van der Waals surface area contributed by atoms with E-state index in [1.54, 1.807) is 12.4 Å². The molecule has 3 aliphatic rings. The van der Waals surface area contributed by atoms with Crippen molar-refractivity contribution in [3.63, 3.8) is 0 Å². The third kappa shape index (κ3) is 3.44. The van der Waals surface area contributed by atoms with E-state index in [4.69, 9.17) is 4.98 Å². The minimum absolute atomic E-state index is 0.0496. The second-order valence-electron chi connectivity index (χ2n) is 9.73. The van der Waals surface area contributed by atoms with Crippen LogP contribution in [0.1, 0.15) is 62.7 Å². The Kier molecular flexibility index (Phi) is 5.07. The van der Waals surface area contributed by atoms with Gasteiger partial charge in [-0.15, -0.1) is 0 Å². The molecule has 0 bridgehead atoms. The highest BCUT2D eigenvalue weighted by atomic mass is 16.2. The minimum Gasteiger partial charge on any atom is -0.341 e. The molecule has 2 aromatic rings. The molecule has 1 saturated carbocycles. The van der Waals surface area contributed by atoms with Crippen LogP contribution in [-0.4, -0.2) is 55.8 Å². The van der Waals surface area contributed by atoms with Crippen LogP contribution < -0.4 is 0 Å². The molecule has 1 aliphatic carbocycles. The summed E-state index contributed by atoms with van der Waals surface area (Å²) in [6.45, 7) is 6.67. The normalized spacial score (nSPS) is 26.3. The molecule has 5 rings (SSSR count). The molecule has 0 N–H and O–H groups in total. The molecule has 0 radical (unpaired) electrons. The maximum absolute atomic E-state index is 13.8. The summed E-state index contributed by atoms with van der Waals surface area (Å²) in [7, 11) is 0. The number of carbonyl (C=O) groups excluding carboxylic acids is 2. The minimum atomic E-state index is -0.567. The Balaban J connectivity index is 1.44. The molecule has 3 fully saturated rings. The average molecular weight is 422 g/mol. The van der Waals surface area contributed by atoms with Gasteiger partial charge in [0.1, 0.15) is 0 Å². The van der Waals surface area contributed by atoms with Crippen LogP contribution in [0.3, 0.4) is 0 Å². The van der Waals surface area contributed by atoms with Gasteiger partial charge in [0.25, 0.3) is 0 Å². The zero-order valence-electron chi connectivity index (χ0n) is 18.4. The van der Waals surface area contributed by atoms with Crippen molar-refractivity contribution in [2.24, 2.45) is 11.3 Å². The molecule has 4 heterocycles. The van der Waals surface area contributed by atoms with E-state index in [-0.39, 0.29) is 23.7 Å². The Hall–Kier alpha value is -2.70. The number of hydrogen-bond donors (Lipinski definition) is 0. The van der Waals surface area contributed by atoms with Gasteiger partial charge >= 0.3 is 0 Å². The zero-order chi connectivity index (χ0) is 21.6. The molecule has 7 nitrogen and oxygen atoms in total. The molecule has 2 aliphatic heterocycles. The highest BCUT2D eigenvalue weighted by molar-refractivity contribution is 5.89. The molecule has 2 atom stereocenters. The Bertz CT molecular complexity index is 967. The first-order valence-corrected chi connectivity index (χ1v) is 11.5. The molecule has 2 saturated heterocycles. The van der Waals surface area contributed by atoms with E-state index in [0.29, 0.717) is 32.2 Å². The van der Waals surface area contributed by atoms with Crippen LogP contribution in [-0.2, 0) is 16.1 Å². The summed E-state index contributed by atoms with van der Waals surface area (Å²) >= 11 is 0. The summed E-state index contributed by atoms with van der Waals surface area (Å²) in [4.78, 5) is 39.6. The van der Waals surface area contributed by atoms with Gasteiger partial charge in [0.2, 0.25) is 11.8 Å². The number of pyridine rings is 1. The van der Waals surface area contributed by atoms with Gasteiger partial charge in [-0.2, -0.15) is 0 Å². The molecule has 2 aromatic heterocycles. The summed E-state index contributed by atoms with van der Waals surface area (Å²) < 4.78 is 2.09. The van der Waals surface area contributed by atoms with Crippen LogP contribution in [0.25, 0.3) is 0 Å². The number of amides is 2. The fourth-order valence-corrected chi connectivity index (χ4v) is 5.37. The van der Waals surface area contributed by atoms with Crippen molar-refractivity contribution in [1.29, 1.82) is 0 Å². The standard InChI is InChI=1S/C24H31N5O2/c1-17(2)29-14-21(26-16-29)20-13-28(22(30)19-4-3-5-19)15-24(20)8-11-27(23(24)31)12-18-6-9-25-10-7-18/h6-7,9-10,14,16-17,19-20H,3-5,8,11-13,15H2,1-2H3. The monoisotopic (exact) mass is 421 g/mol. The maximum Gasteiger partial charge on any atom is 0.231 e. The molecule has 2 amide bonds. The smallest absolute Gasteiger partial charge is 0.231 e. The number of hydrogen-bond acceptors (Lipinski definition) is 4. The third-order valence-electron chi connectivity index (χ3n) is 7.55. The van der Waals surface area contributed by atoms with Crippen molar-refractivity contribution in [2.45, 2.75) is 58.0 Å². The van der Waals surface area contributed by atoms with Gasteiger partial charge in [-0.3, -0.25) is 14.6 Å². The van der Waals surface area contributed by atoms with E-state index in [1.807, 2.05) is 28.3 Å². The van der Waals surface area contributed by atoms with Crippen molar-refractivity contribution < 1.29 is 9.59 Å². The topological polar surface area (TPSA) is 71.3 Å². The Morgan fingerprint density at radius 3 is 2.68 bits per heavy atom. The summed E-state index contributed by atoms with van der Waals surface area (Å²) in [6, 6.07) is 4.23. The van der Waals surface area contributed by atoms with E-state index >= 15 is 0 Å². The second-order valence-corrected chi connectivity index (χ2v) is 9.73. The summed E-state index contributed by atoms with van der Waals surface area (Å²) in [5.74, 6) is 0.494. The van der Waals surface area contributed by atoms with Crippen LogP contribution in [0, 0.1) is 11.3 Å². The molecule has 2 unspecified atom stereocenters. The summed E-state index contributed by atoms with van der Waals surface area (Å²) in [5.41, 5.74) is 1.46. The zero-order valence-corrected chi connectivity index (χ0v) is 18.4. The summed E-state index contributed by atoms with van der Waals surface area (Å²) in [6.07, 6.45) is 11.3. The maximum atomic E-state index is 13.8. The van der Waals surface area contributed by atoms with Crippen molar-refractivity contribution >= 4 is 11.8 Å². The van der Waals surface area contributed by atoms with E-state index in [9.17, 15) is 9.59 Å². The van der Waals surface area contributed by atoms with Crippen LogP contribution >= 0.6 is 0 Å². The van der Waals surface area contributed by atoms with Crippen LogP contribution in [0.15, 0.2) is 37.1 Å². The molecule has 164 valence electrons. The number of aromatic nitrogens is 3. The van der Waals surface area contributed by atoms with E-state index in [0.717, 1.165) is 36.9 Å². The number of likely N-dealkylation sites (tertiary alicyclic amines) is 2. The summed E-state index contributed by atoms with van der Waals surface area (Å²) in [5, 5.41) is 0. The van der Waals surface area contributed by atoms with Gasteiger partial charge in [0.05, 0.1) is 17.4 Å². The second kappa shape index (κ2) is 7.77. The number of carbonyl (C=O) groups is 2. The Morgan fingerprint density at radius 1 is 1.26 bits per heavy atom. The number of imidazole rings is 1. The van der Waals surface area contributed by atoms with E-state index < -0.39 is 5.41 Å². The first-order valence-electron chi connectivity index (χ1n) is 11.5. The lowest BCUT2D eigenvalue weighted by Crippen LogP contribution is -2.42. The predicted molar refractivity (Wildman–Crippen MR) is 116 cm³/mol. The first-order chi connectivity index (χ1) is 15.0. The van der Waals surface area contributed by atoms with Crippen LogP contribution in [0.5, 0.6) is 0 Å². The van der Waals surface area contributed by atoms with Gasteiger partial charge in [-0.25, -0.2) is 4.98 Å². The van der Waals surface area contributed by atoms with Gasteiger partial charge in [-0.05, 0) is 50.8 Å². The van der Waals surface area contributed by atoms with E-state index in [1.165, 1.54) is 0 Å². The van der Waals surface area contributed by atoms with Crippen LogP contribution in [0.4, 0.5) is 0 Å². The lowest BCUT2D eigenvalue weighted by molar-refractivity contribution is -0.139. The first kappa shape index (κ1) is 20.2. The molecular weight excluding hydrogens is 390 g/mol. The Morgan fingerprint density at radius 2 is 2.03 bits per heavy atom. The number of nitrogens with zero attached hydrogens (tertiary/aromatic N) is 5. The van der Waals surface area contributed by atoms with Gasteiger partial charge in [0.15, 0.2) is 0 Å². The van der Waals surface area contributed by atoms with Gasteiger partial charge in [-0.1, -0.05) is 6.42 Å². The van der Waals surface area contributed by atoms with Crippen molar-refractivity contribution in [1.82, 2.24) is 24.3 Å². The van der Waals surface area contributed by atoms with Crippen molar-refractivity contribution in [3.8, 4) is 0 Å². The molecule has 1 spiro atoms. The molecule has 31 heavy (non-hydrogen) atoms. The van der Waals surface area contributed by atoms with Crippen LogP contribution in [0.2, 0.25) is 0 Å². The lowest BCUT2D eigenvalue weighted by atomic mass is 9.75. The average Bonchev–Trinajstić information content (AvgIpc) is 3.42. The largest absolute Gasteiger partial charge is 0.341 e. The molecule has 7 heteroatoms. The molecular formula is C24H31N5O2. The van der Waals surface area contributed by atoms with Crippen molar-refractivity contribution in [3.05, 3.63) is 48.3 Å². The predicted octanol–water partition coefficient (Wildman–Crippen LogP) is 3.00. The molecule has 0 aromatic carbocycles. The fourth-order valence-electron chi connectivity index (χ4n) is 5.37. The number of rotatable bonds is 5. The highest BCUT2D eigenvalue weighted by Gasteiger charge is 2.59. The SMILES string of the molecule is CC(C)n1cnc(C2CN(C(=O)C3CCC3)CC23CCN(Cc2ccncc2)C3=O)c1. The van der Waals surface area contributed by atoms with Gasteiger partial charge in [0, 0.05) is 62.6 Å². The lowest BCUT2D eigenvalue weighted by Gasteiger charge is -2.30. The third-order valence-corrected chi connectivity index (χ3v) is 7.55. The Labute approximate surface area is 183 Å².